The fraction of sp³-hybridized carbons (Fsp3) is 0.517. The van der Waals surface area contributed by atoms with Crippen LogP contribution in [-0.2, 0) is 11.3 Å². The lowest BCUT2D eigenvalue weighted by atomic mass is 9.78. The SMILES string of the molecule is CSc1cc(C)[nH]c(=O)c1CNC(=O)c1cc(Cl)c2c(c1C)OC(C)(C1CCC(C(=O)NC3(C#N)CC3)CC1)O2. The van der Waals surface area contributed by atoms with Crippen LogP contribution < -0.4 is 25.7 Å². The second-order valence-corrected chi connectivity index (χ2v) is 12.4. The molecule has 2 fully saturated rings. The number of rotatable bonds is 7. The number of halogens is 1. The van der Waals surface area contributed by atoms with Crippen molar-refractivity contribution in [3.63, 3.8) is 0 Å². The van der Waals surface area contributed by atoms with Crippen LogP contribution in [0.1, 0.15) is 72.6 Å². The largest absolute Gasteiger partial charge is 0.448 e. The molecule has 212 valence electrons. The van der Waals surface area contributed by atoms with E-state index in [9.17, 15) is 19.6 Å². The van der Waals surface area contributed by atoms with Crippen molar-refractivity contribution in [1.29, 1.82) is 5.26 Å². The van der Waals surface area contributed by atoms with Crippen molar-refractivity contribution < 1.29 is 19.1 Å². The summed E-state index contributed by atoms with van der Waals surface area (Å²) in [7, 11) is 0. The van der Waals surface area contributed by atoms with Crippen LogP contribution in [0, 0.1) is 37.0 Å². The maximum Gasteiger partial charge on any atom is 0.254 e. The van der Waals surface area contributed by atoms with E-state index in [-0.39, 0.29) is 40.8 Å². The predicted molar refractivity (Wildman–Crippen MR) is 152 cm³/mol. The standard InChI is InChI=1S/C29H33ClN4O5S/c1-15-11-22(40-4)20(27(37)33-15)13-32-26(36)19-12-21(30)24-23(16(19)2)38-28(3,39-24)18-7-5-17(6-8-18)25(35)34-29(14-31)9-10-29/h11-12,17-18H,5-10,13H2,1-4H3,(H,32,36)(H,33,37)(H,34,35). The summed E-state index contributed by atoms with van der Waals surface area (Å²) in [5.74, 6) is -0.691. The van der Waals surface area contributed by atoms with Crippen molar-refractivity contribution in [2.45, 2.75) is 82.1 Å². The van der Waals surface area contributed by atoms with Crippen molar-refractivity contribution in [3.05, 3.63) is 49.9 Å². The van der Waals surface area contributed by atoms with Crippen molar-refractivity contribution in [2.75, 3.05) is 6.26 Å². The smallest absolute Gasteiger partial charge is 0.254 e. The second kappa shape index (κ2) is 10.7. The first-order valence-corrected chi connectivity index (χ1v) is 15.1. The number of fused-ring (bicyclic) bond motifs is 1. The lowest BCUT2D eigenvalue weighted by Crippen LogP contribution is -2.47. The second-order valence-electron chi connectivity index (χ2n) is 11.2. The molecular formula is C29H33ClN4O5S. The minimum absolute atomic E-state index is 0.0146. The van der Waals surface area contributed by atoms with Gasteiger partial charge in [-0.1, -0.05) is 11.6 Å². The summed E-state index contributed by atoms with van der Waals surface area (Å²) >= 11 is 8.04. The molecule has 3 N–H and O–H groups in total. The van der Waals surface area contributed by atoms with E-state index in [1.54, 1.807) is 13.0 Å². The third-order valence-electron chi connectivity index (χ3n) is 8.33. The Morgan fingerprint density at radius 1 is 1.18 bits per heavy atom. The van der Waals surface area contributed by atoms with E-state index < -0.39 is 11.3 Å². The minimum atomic E-state index is -0.986. The van der Waals surface area contributed by atoms with Gasteiger partial charge in [-0.15, -0.1) is 11.8 Å². The van der Waals surface area contributed by atoms with Gasteiger partial charge in [0.15, 0.2) is 11.5 Å². The van der Waals surface area contributed by atoms with E-state index >= 15 is 0 Å². The molecule has 1 atom stereocenters. The van der Waals surface area contributed by atoms with E-state index in [1.165, 1.54) is 11.8 Å². The third-order valence-corrected chi connectivity index (χ3v) is 9.42. The average molecular weight is 585 g/mol. The van der Waals surface area contributed by atoms with E-state index in [4.69, 9.17) is 21.1 Å². The molecule has 3 aliphatic rings. The molecule has 2 saturated carbocycles. The van der Waals surface area contributed by atoms with Crippen molar-refractivity contribution in [2.24, 2.45) is 11.8 Å². The molecule has 11 heteroatoms. The molecule has 5 rings (SSSR count). The number of hydrogen-bond acceptors (Lipinski definition) is 7. The number of ether oxygens (including phenoxy) is 2. The van der Waals surface area contributed by atoms with E-state index in [0.29, 0.717) is 53.9 Å². The normalized spacial score (nSPS) is 24.2. The molecule has 2 heterocycles. The van der Waals surface area contributed by atoms with Crippen LogP contribution in [0.5, 0.6) is 11.5 Å². The Morgan fingerprint density at radius 2 is 1.85 bits per heavy atom. The molecule has 2 amide bonds. The molecule has 0 spiro atoms. The molecule has 40 heavy (non-hydrogen) atoms. The van der Waals surface area contributed by atoms with Gasteiger partial charge >= 0.3 is 0 Å². The highest BCUT2D eigenvalue weighted by Gasteiger charge is 2.49. The van der Waals surface area contributed by atoms with Crippen molar-refractivity contribution in [3.8, 4) is 17.6 Å². The highest BCUT2D eigenvalue weighted by Crippen LogP contribution is 2.52. The molecule has 1 aromatic carbocycles. The van der Waals surface area contributed by atoms with Crippen LogP contribution in [0.2, 0.25) is 5.02 Å². The Bertz CT molecular complexity index is 1470. The zero-order valence-electron chi connectivity index (χ0n) is 23.0. The van der Waals surface area contributed by atoms with Gasteiger partial charge in [-0.05, 0) is 70.8 Å². The number of aromatic amines is 1. The molecule has 2 aromatic rings. The zero-order valence-corrected chi connectivity index (χ0v) is 24.6. The fourth-order valence-corrected chi connectivity index (χ4v) is 6.59. The first-order valence-electron chi connectivity index (χ1n) is 13.5. The van der Waals surface area contributed by atoms with Crippen LogP contribution in [-0.4, -0.2) is 34.4 Å². The number of H-pyrrole nitrogens is 1. The zero-order chi connectivity index (χ0) is 28.8. The number of aromatic nitrogens is 1. The molecule has 0 radical (unpaired) electrons. The summed E-state index contributed by atoms with van der Waals surface area (Å²) in [6.45, 7) is 5.54. The number of carbonyl (C=O) groups is 2. The molecule has 1 aromatic heterocycles. The van der Waals surface area contributed by atoms with Crippen LogP contribution in [0.15, 0.2) is 21.8 Å². The van der Waals surface area contributed by atoms with Crippen LogP contribution >= 0.6 is 23.4 Å². The summed E-state index contributed by atoms with van der Waals surface area (Å²) in [6.07, 6.45) is 6.10. The number of amides is 2. The van der Waals surface area contributed by atoms with Gasteiger partial charge < -0.3 is 25.1 Å². The number of pyridine rings is 1. The predicted octanol–water partition coefficient (Wildman–Crippen LogP) is 4.76. The molecule has 1 aliphatic heterocycles. The number of nitrogens with zero attached hydrogens (tertiary/aromatic N) is 1. The topological polar surface area (TPSA) is 133 Å². The Balaban J connectivity index is 1.26. The molecular weight excluding hydrogens is 552 g/mol. The van der Waals surface area contributed by atoms with Gasteiger partial charge in [-0.25, -0.2) is 0 Å². The number of carbonyl (C=O) groups excluding carboxylic acids is 2. The molecule has 2 aliphatic carbocycles. The van der Waals surface area contributed by atoms with Gasteiger partial charge in [0.05, 0.1) is 11.1 Å². The van der Waals surface area contributed by atoms with Crippen LogP contribution in [0.3, 0.4) is 0 Å². The van der Waals surface area contributed by atoms with Crippen LogP contribution in [0.25, 0.3) is 0 Å². The third kappa shape index (κ3) is 5.29. The summed E-state index contributed by atoms with van der Waals surface area (Å²) < 4.78 is 12.7. The number of hydrogen-bond donors (Lipinski definition) is 3. The van der Waals surface area contributed by atoms with Gasteiger partial charge in [0.1, 0.15) is 5.54 Å². The number of aryl methyl sites for hydroxylation is 1. The molecule has 0 saturated heterocycles. The lowest BCUT2D eigenvalue weighted by molar-refractivity contribution is -0.135. The first kappa shape index (κ1) is 28.4. The highest BCUT2D eigenvalue weighted by molar-refractivity contribution is 7.98. The van der Waals surface area contributed by atoms with Gasteiger partial charge in [0.2, 0.25) is 5.91 Å². The van der Waals surface area contributed by atoms with E-state index in [0.717, 1.165) is 23.4 Å². The number of nitriles is 1. The summed E-state index contributed by atoms with van der Waals surface area (Å²) in [5, 5.41) is 15.3. The Hall–Kier alpha value is -3.16. The quantitative estimate of drug-likeness (QED) is 0.399. The van der Waals surface area contributed by atoms with Crippen molar-refractivity contribution >= 4 is 35.2 Å². The maximum atomic E-state index is 13.2. The number of thioether (sulfide) groups is 1. The summed E-state index contributed by atoms with van der Waals surface area (Å²) in [6, 6.07) is 5.66. The number of benzene rings is 1. The summed E-state index contributed by atoms with van der Waals surface area (Å²) in [5.41, 5.74) is 1.30. The number of nitrogens with one attached hydrogen (secondary N) is 3. The van der Waals surface area contributed by atoms with Gasteiger partial charge in [-0.3, -0.25) is 14.4 Å². The van der Waals surface area contributed by atoms with Gasteiger partial charge in [0, 0.05) is 52.6 Å². The van der Waals surface area contributed by atoms with Crippen LogP contribution in [0.4, 0.5) is 0 Å². The van der Waals surface area contributed by atoms with Crippen molar-refractivity contribution in [1.82, 2.24) is 15.6 Å². The van der Waals surface area contributed by atoms with E-state index in [2.05, 4.69) is 21.7 Å². The Kier molecular flexibility index (Phi) is 7.57. The minimum Gasteiger partial charge on any atom is -0.448 e. The fourth-order valence-electron chi connectivity index (χ4n) is 5.66. The average Bonchev–Trinajstić information content (AvgIpc) is 3.61. The molecule has 9 nitrogen and oxygen atoms in total. The monoisotopic (exact) mass is 584 g/mol. The Labute approximate surface area is 242 Å². The lowest BCUT2D eigenvalue weighted by Gasteiger charge is -2.37. The van der Waals surface area contributed by atoms with Gasteiger partial charge in [-0.2, -0.15) is 5.26 Å². The Morgan fingerprint density at radius 3 is 2.48 bits per heavy atom. The highest BCUT2D eigenvalue weighted by atomic mass is 35.5. The van der Waals surface area contributed by atoms with Gasteiger partial charge in [0.25, 0.3) is 17.3 Å². The molecule has 0 bridgehead atoms. The molecule has 1 unspecified atom stereocenters. The van der Waals surface area contributed by atoms with E-state index in [1.807, 2.05) is 26.2 Å². The summed E-state index contributed by atoms with van der Waals surface area (Å²) in [4.78, 5) is 42.0. The maximum absolute atomic E-state index is 13.2. The first-order chi connectivity index (χ1) is 19.0.